The Morgan fingerprint density at radius 2 is 2.16 bits per heavy atom. The van der Waals surface area contributed by atoms with Crippen molar-refractivity contribution in [1.82, 2.24) is 5.32 Å². The predicted molar refractivity (Wildman–Crippen MR) is 84.0 cm³/mol. The first kappa shape index (κ1) is 14.4. The number of para-hydroxylation sites is 1. The molecular weight excluding hydrogens is 232 g/mol. The van der Waals surface area contributed by atoms with E-state index in [1.165, 1.54) is 36.3 Å². The van der Waals surface area contributed by atoms with Gasteiger partial charge in [0.15, 0.2) is 0 Å². The van der Waals surface area contributed by atoms with Crippen LogP contribution in [0.3, 0.4) is 0 Å². The first-order valence-electron chi connectivity index (χ1n) is 7.68. The molecule has 0 bridgehead atoms. The van der Waals surface area contributed by atoms with Crippen LogP contribution in [0.2, 0.25) is 0 Å². The Balaban J connectivity index is 2.04. The third kappa shape index (κ3) is 3.50. The monoisotopic (exact) mass is 260 g/mol. The summed E-state index contributed by atoms with van der Waals surface area (Å²) in [6.07, 6.45) is 2.44. The van der Waals surface area contributed by atoms with Crippen molar-refractivity contribution in [2.24, 2.45) is 5.92 Å². The Morgan fingerprint density at radius 1 is 1.37 bits per heavy atom. The van der Waals surface area contributed by atoms with Gasteiger partial charge in [-0.05, 0) is 43.4 Å². The molecule has 0 spiro atoms. The molecule has 106 valence electrons. The lowest BCUT2D eigenvalue weighted by Gasteiger charge is -2.24. The molecule has 0 radical (unpaired) electrons. The van der Waals surface area contributed by atoms with Crippen molar-refractivity contribution in [2.45, 2.75) is 46.6 Å². The van der Waals surface area contributed by atoms with Gasteiger partial charge in [-0.3, -0.25) is 0 Å². The number of anilines is 1. The number of nitrogens with zero attached hydrogens (tertiary/aromatic N) is 1. The van der Waals surface area contributed by atoms with E-state index in [1.807, 2.05) is 0 Å². The largest absolute Gasteiger partial charge is 0.371 e. The van der Waals surface area contributed by atoms with Crippen LogP contribution < -0.4 is 10.2 Å². The molecule has 1 heterocycles. The number of aryl methyl sites for hydroxylation is 2. The summed E-state index contributed by atoms with van der Waals surface area (Å²) < 4.78 is 0. The summed E-state index contributed by atoms with van der Waals surface area (Å²) in [5.41, 5.74) is 4.42. The SMILES string of the molecule is CCc1cccc(C)c1N1CCC(CNC(C)C)C1. The molecule has 0 saturated carbocycles. The molecule has 1 aliphatic heterocycles. The second-order valence-electron chi connectivity index (χ2n) is 6.10. The normalized spacial score (nSPS) is 19.4. The highest BCUT2D eigenvalue weighted by atomic mass is 15.2. The molecule has 0 amide bonds. The summed E-state index contributed by atoms with van der Waals surface area (Å²) in [7, 11) is 0. The minimum absolute atomic E-state index is 0.596. The number of nitrogens with one attached hydrogen (secondary N) is 1. The number of rotatable bonds is 5. The van der Waals surface area contributed by atoms with Crippen LogP contribution in [0.5, 0.6) is 0 Å². The fraction of sp³-hybridized carbons (Fsp3) is 0.647. The maximum Gasteiger partial charge on any atom is 0.0428 e. The number of benzene rings is 1. The van der Waals surface area contributed by atoms with E-state index in [1.54, 1.807) is 0 Å². The topological polar surface area (TPSA) is 15.3 Å². The molecule has 2 heteroatoms. The molecule has 1 unspecified atom stereocenters. The summed E-state index contributed by atoms with van der Waals surface area (Å²) in [6.45, 7) is 12.5. The van der Waals surface area contributed by atoms with Gasteiger partial charge in [0, 0.05) is 24.8 Å². The highest BCUT2D eigenvalue weighted by Gasteiger charge is 2.24. The smallest absolute Gasteiger partial charge is 0.0428 e. The van der Waals surface area contributed by atoms with Crippen LogP contribution in [0.4, 0.5) is 5.69 Å². The lowest BCUT2D eigenvalue weighted by molar-refractivity contribution is 0.480. The highest BCUT2D eigenvalue weighted by Crippen LogP contribution is 2.30. The van der Waals surface area contributed by atoms with Crippen molar-refractivity contribution >= 4 is 5.69 Å². The lowest BCUT2D eigenvalue weighted by atomic mass is 10.0. The molecule has 0 aliphatic carbocycles. The molecule has 1 atom stereocenters. The van der Waals surface area contributed by atoms with E-state index >= 15 is 0 Å². The summed E-state index contributed by atoms with van der Waals surface area (Å²) in [5, 5.41) is 3.58. The van der Waals surface area contributed by atoms with Crippen molar-refractivity contribution in [1.29, 1.82) is 0 Å². The van der Waals surface area contributed by atoms with E-state index < -0.39 is 0 Å². The first-order valence-corrected chi connectivity index (χ1v) is 7.68. The van der Waals surface area contributed by atoms with Gasteiger partial charge in [0.2, 0.25) is 0 Å². The van der Waals surface area contributed by atoms with Crippen LogP contribution in [-0.2, 0) is 6.42 Å². The zero-order valence-electron chi connectivity index (χ0n) is 12.9. The zero-order valence-corrected chi connectivity index (χ0v) is 12.9. The van der Waals surface area contributed by atoms with Crippen molar-refractivity contribution in [2.75, 3.05) is 24.5 Å². The van der Waals surface area contributed by atoms with Gasteiger partial charge < -0.3 is 10.2 Å². The zero-order chi connectivity index (χ0) is 13.8. The van der Waals surface area contributed by atoms with Crippen LogP contribution in [0.25, 0.3) is 0 Å². The summed E-state index contributed by atoms with van der Waals surface area (Å²) >= 11 is 0. The van der Waals surface area contributed by atoms with E-state index in [-0.39, 0.29) is 0 Å². The van der Waals surface area contributed by atoms with Crippen molar-refractivity contribution in [3.8, 4) is 0 Å². The molecule has 1 aliphatic rings. The fourth-order valence-corrected chi connectivity index (χ4v) is 3.06. The highest BCUT2D eigenvalue weighted by molar-refractivity contribution is 5.60. The molecule has 1 fully saturated rings. The van der Waals surface area contributed by atoms with Gasteiger partial charge in [0.05, 0.1) is 0 Å². The Morgan fingerprint density at radius 3 is 2.84 bits per heavy atom. The van der Waals surface area contributed by atoms with Gasteiger partial charge in [-0.25, -0.2) is 0 Å². The van der Waals surface area contributed by atoms with Crippen molar-refractivity contribution in [3.63, 3.8) is 0 Å². The maximum absolute atomic E-state index is 3.58. The van der Waals surface area contributed by atoms with E-state index in [2.05, 4.69) is 56.1 Å². The van der Waals surface area contributed by atoms with Gasteiger partial charge >= 0.3 is 0 Å². The second-order valence-corrected chi connectivity index (χ2v) is 6.10. The Hall–Kier alpha value is -1.02. The minimum atomic E-state index is 0.596. The number of hydrogen-bond acceptors (Lipinski definition) is 2. The Labute approximate surface area is 118 Å². The Kier molecular flexibility index (Phi) is 4.87. The molecule has 1 aromatic rings. The van der Waals surface area contributed by atoms with E-state index in [0.29, 0.717) is 6.04 Å². The molecular formula is C17H28N2. The van der Waals surface area contributed by atoms with Crippen molar-refractivity contribution in [3.05, 3.63) is 29.3 Å². The van der Waals surface area contributed by atoms with Gasteiger partial charge in [-0.2, -0.15) is 0 Å². The maximum atomic E-state index is 3.58. The molecule has 0 aromatic heterocycles. The van der Waals surface area contributed by atoms with Crippen LogP contribution in [0.1, 0.15) is 38.3 Å². The second kappa shape index (κ2) is 6.42. The van der Waals surface area contributed by atoms with E-state index in [4.69, 9.17) is 0 Å². The summed E-state index contributed by atoms with van der Waals surface area (Å²) in [5.74, 6) is 0.798. The van der Waals surface area contributed by atoms with Gasteiger partial charge in [0.1, 0.15) is 0 Å². The molecule has 1 saturated heterocycles. The molecule has 2 rings (SSSR count). The van der Waals surface area contributed by atoms with Crippen LogP contribution >= 0.6 is 0 Å². The van der Waals surface area contributed by atoms with Crippen molar-refractivity contribution < 1.29 is 0 Å². The van der Waals surface area contributed by atoms with Gasteiger partial charge in [-0.1, -0.05) is 39.0 Å². The molecule has 2 nitrogen and oxygen atoms in total. The number of hydrogen-bond donors (Lipinski definition) is 1. The van der Waals surface area contributed by atoms with E-state index in [0.717, 1.165) is 18.9 Å². The molecule has 1 aromatic carbocycles. The summed E-state index contributed by atoms with van der Waals surface area (Å²) in [6, 6.07) is 7.31. The average Bonchev–Trinajstić information content (AvgIpc) is 2.84. The lowest BCUT2D eigenvalue weighted by Crippen LogP contribution is -2.31. The fourth-order valence-electron chi connectivity index (χ4n) is 3.06. The van der Waals surface area contributed by atoms with Crippen LogP contribution in [0, 0.1) is 12.8 Å². The summed E-state index contributed by atoms with van der Waals surface area (Å²) in [4.78, 5) is 2.60. The average molecular weight is 260 g/mol. The Bertz CT molecular complexity index is 412. The molecule has 19 heavy (non-hydrogen) atoms. The third-order valence-electron chi connectivity index (χ3n) is 4.12. The van der Waals surface area contributed by atoms with Crippen LogP contribution in [-0.4, -0.2) is 25.7 Å². The van der Waals surface area contributed by atoms with E-state index in [9.17, 15) is 0 Å². The first-order chi connectivity index (χ1) is 9.11. The van der Waals surface area contributed by atoms with Crippen LogP contribution in [0.15, 0.2) is 18.2 Å². The standard InChI is InChI=1S/C17H28N2/c1-5-16-8-6-7-14(4)17(16)19-10-9-15(12-19)11-18-13(2)3/h6-8,13,15,18H,5,9-12H2,1-4H3. The quantitative estimate of drug-likeness (QED) is 0.873. The van der Waals surface area contributed by atoms with Gasteiger partial charge in [0.25, 0.3) is 0 Å². The predicted octanol–water partition coefficient (Wildman–Crippen LogP) is 3.38. The third-order valence-corrected chi connectivity index (χ3v) is 4.12. The van der Waals surface area contributed by atoms with Gasteiger partial charge in [-0.15, -0.1) is 0 Å². The minimum Gasteiger partial charge on any atom is -0.371 e. The molecule has 1 N–H and O–H groups in total.